The van der Waals surface area contributed by atoms with Gasteiger partial charge in [0.05, 0.1) is 10.4 Å². The van der Waals surface area contributed by atoms with E-state index in [1.54, 1.807) is 11.3 Å². The van der Waals surface area contributed by atoms with Gasteiger partial charge in [-0.25, -0.2) is 4.98 Å². The number of hydrogen-bond donors (Lipinski definition) is 1. The van der Waals surface area contributed by atoms with Gasteiger partial charge in [-0.3, -0.25) is 5.10 Å². The van der Waals surface area contributed by atoms with Gasteiger partial charge < -0.3 is 0 Å². The molecule has 5 heteroatoms. The molecule has 4 aromatic rings. The zero-order chi connectivity index (χ0) is 14.6. The van der Waals surface area contributed by atoms with E-state index in [9.17, 15) is 0 Å². The fraction of sp³-hybridized carbons (Fsp3) is 0.125. The van der Waals surface area contributed by atoms with Crippen LogP contribution in [-0.2, 0) is 0 Å². The van der Waals surface area contributed by atoms with Crippen molar-refractivity contribution in [1.29, 1.82) is 0 Å². The highest BCUT2D eigenvalue weighted by Crippen LogP contribution is 2.39. The van der Waals surface area contributed by atoms with Crippen LogP contribution in [0.2, 0.25) is 5.02 Å². The standard InChI is InChI=1S/C16H12ClN3S/c1-8-7-12(10-3-5-11(17)6-4-10)13-14-15(9(2)19-20-14)21-16(13)18-8/h3-7H,1-2H3,(H,19,20). The number of rotatable bonds is 1. The summed E-state index contributed by atoms with van der Waals surface area (Å²) in [6.07, 6.45) is 0. The maximum Gasteiger partial charge on any atom is 0.127 e. The molecule has 0 saturated heterocycles. The van der Waals surface area contributed by atoms with Crippen LogP contribution in [0, 0.1) is 13.8 Å². The minimum atomic E-state index is 0.742. The van der Waals surface area contributed by atoms with Crippen LogP contribution in [0.1, 0.15) is 11.4 Å². The predicted molar refractivity (Wildman–Crippen MR) is 89.2 cm³/mol. The van der Waals surface area contributed by atoms with E-state index in [-0.39, 0.29) is 0 Å². The Morgan fingerprint density at radius 3 is 2.67 bits per heavy atom. The van der Waals surface area contributed by atoms with Crippen molar-refractivity contribution in [3.8, 4) is 11.1 Å². The number of aryl methyl sites for hydroxylation is 2. The van der Waals surface area contributed by atoms with Crippen molar-refractivity contribution >= 4 is 43.4 Å². The highest BCUT2D eigenvalue weighted by Gasteiger charge is 2.16. The van der Waals surface area contributed by atoms with Crippen LogP contribution in [0.15, 0.2) is 30.3 Å². The van der Waals surface area contributed by atoms with Crippen LogP contribution in [0.25, 0.3) is 31.6 Å². The van der Waals surface area contributed by atoms with Crippen molar-refractivity contribution in [2.75, 3.05) is 0 Å². The molecule has 0 unspecified atom stereocenters. The number of pyridine rings is 1. The average molecular weight is 314 g/mol. The normalized spacial score (nSPS) is 11.6. The summed E-state index contributed by atoms with van der Waals surface area (Å²) in [7, 11) is 0. The maximum absolute atomic E-state index is 6.00. The number of H-pyrrole nitrogens is 1. The van der Waals surface area contributed by atoms with E-state index in [4.69, 9.17) is 11.6 Å². The van der Waals surface area contributed by atoms with E-state index in [0.717, 1.165) is 43.3 Å². The fourth-order valence-electron chi connectivity index (χ4n) is 2.61. The summed E-state index contributed by atoms with van der Waals surface area (Å²) in [6, 6.07) is 10.0. The van der Waals surface area contributed by atoms with E-state index >= 15 is 0 Å². The molecule has 3 nitrogen and oxygen atoms in total. The monoisotopic (exact) mass is 313 g/mol. The van der Waals surface area contributed by atoms with Crippen LogP contribution < -0.4 is 0 Å². The third-order valence-corrected chi connectivity index (χ3v) is 5.04. The van der Waals surface area contributed by atoms with E-state index in [1.165, 1.54) is 4.70 Å². The van der Waals surface area contributed by atoms with E-state index in [0.29, 0.717) is 0 Å². The van der Waals surface area contributed by atoms with Crippen molar-refractivity contribution in [3.05, 3.63) is 46.7 Å². The first kappa shape index (κ1) is 12.8. The van der Waals surface area contributed by atoms with Gasteiger partial charge in [-0.05, 0) is 43.2 Å². The van der Waals surface area contributed by atoms with Crippen LogP contribution in [0.3, 0.4) is 0 Å². The number of fused-ring (bicyclic) bond motifs is 3. The minimum absolute atomic E-state index is 0.742. The molecule has 0 fully saturated rings. The van der Waals surface area contributed by atoms with Crippen molar-refractivity contribution in [1.82, 2.24) is 15.2 Å². The molecule has 0 bridgehead atoms. The molecule has 1 aromatic carbocycles. The summed E-state index contributed by atoms with van der Waals surface area (Å²) in [6.45, 7) is 4.06. The Labute approximate surface area is 130 Å². The Kier molecular flexibility index (Phi) is 2.77. The lowest BCUT2D eigenvalue weighted by atomic mass is 10.0. The Hall–Kier alpha value is -1.91. The second-order valence-corrected chi connectivity index (χ2v) is 6.56. The zero-order valence-corrected chi connectivity index (χ0v) is 13.1. The van der Waals surface area contributed by atoms with E-state index < -0.39 is 0 Å². The lowest BCUT2D eigenvalue weighted by Crippen LogP contribution is -1.86. The number of nitrogens with one attached hydrogen (secondary N) is 1. The molecule has 0 saturated carbocycles. The summed E-state index contributed by atoms with van der Waals surface area (Å²) in [5.41, 5.74) is 5.40. The molecule has 0 atom stereocenters. The SMILES string of the molecule is Cc1cc(-c2ccc(Cl)cc2)c2c(n1)sc1c(C)[nH]nc12. The lowest BCUT2D eigenvalue weighted by Gasteiger charge is -2.05. The molecule has 0 aliphatic rings. The highest BCUT2D eigenvalue weighted by atomic mass is 35.5. The second-order valence-electron chi connectivity index (χ2n) is 5.13. The van der Waals surface area contributed by atoms with Gasteiger partial charge >= 0.3 is 0 Å². The largest absolute Gasteiger partial charge is 0.281 e. The third kappa shape index (κ3) is 1.94. The second kappa shape index (κ2) is 4.55. The van der Waals surface area contributed by atoms with Crippen molar-refractivity contribution in [3.63, 3.8) is 0 Å². The van der Waals surface area contributed by atoms with Gasteiger partial charge in [0, 0.05) is 16.1 Å². The Bertz CT molecular complexity index is 967. The van der Waals surface area contributed by atoms with Gasteiger partial charge in [-0.2, -0.15) is 5.10 Å². The molecule has 0 amide bonds. The molecule has 21 heavy (non-hydrogen) atoms. The van der Waals surface area contributed by atoms with Gasteiger partial charge in [-0.1, -0.05) is 23.7 Å². The average Bonchev–Trinajstić information content (AvgIpc) is 2.99. The van der Waals surface area contributed by atoms with Crippen LogP contribution in [0.4, 0.5) is 0 Å². The van der Waals surface area contributed by atoms with Crippen LogP contribution >= 0.6 is 22.9 Å². The Morgan fingerprint density at radius 2 is 1.90 bits per heavy atom. The summed E-state index contributed by atoms with van der Waals surface area (Å²) in [5, 5.41) is 9.38. The van der Waals surface area contributed by atoms with Gasteiger partial charge in [0.1, 0.15) is 10.3 Å². The molecule has 1 N–H and O–H groups in total. The smallest absolute Gasteiger partial charge is 0.127 e. The van der Waals surface area contributed by atoms with Gasteiger partial charge in [0.2, 0.25) is 0 Å². The van der Waals surface area contributed by atoms with E-state index in [2.05, 4.69) is 21.2 Å². The molecule has 3 aromatic heterocycles. The number of aromatic amines is 1. The minimum Gasteiger partial charge on any atom is -0.281 e. The van der Waals surface area contributed by atoms with E-state index in [1.807, 2.05) is 38.1 Å². The van der Waals surface area contributed by atoms with Gasteiger partial charge in [0.25, 0.3) is 0 Å². The number of benzene rings is 1. The summed E-state index contributed by atoms with van der Waals surface area (Å²) >= 11 is 7.69. The first-order chi connectivity index (χ1) is 10.1. The number of aromatic nitrogens is 3. The number of hydrogen-bond acceptors (Lipinski definition) is 3. The molecule has 3 heterocycles. The summed E-state index contributed by atoms with van der Waals surface area (Å²) in [5.74, 6) is 0. The van der Waals surface area contributed by atoms with Crippen LogP contribution in [-0.4, -0.2) is 15.2 Å². The molecular formula is C16H12ClN3S. The third-order valence-electron chi connectivity index (χ3n) is 3.60. The lowest BCUT2D eigenvalue weighted by molar-refractivity contribution is 1.07. The highest BCUT2D eigenvalue weighted by molar-refractivity contribution is 7.25. The topological polar surface area (TPSA) is 41.6 Å². The number of halogens is 1. The molecule has 104 valence electrons. The van der Waals surface area contributed by atoms with Crippen LogP contribution in [0.5, 0.6) is 0 Å². The maximum atomic E-state index is 6.00. The first-order valence-corrected chi connectivity index (χ1v) is 7.83. The zero-order valence-electron chi connectivity index (χ0n) is 11.6. The quantitative estimate of drug-likeness (QED) is 0.530. The van der Waals surface area contributed by atoms with Crippen molar-refractivity contribution in [2.45, 2.75) is 13.8 Å². The first-order valence-electron chi connectivity index (χ1n) is 6.64. The summed E-state index contributed by atoms with van der Waals surface area (Å²) < 4.78 is 1.18. The summed E-state index contributed by atoms with van der Waals surface area (Å²) in [4.78, 5) is 5.71. The Balaban J connectivity index is 2.13. The molecular weight excluding hydrogens is 302 g/mol. The molecule has 0 aliphatic heterocycles. The van der Waals surface area contributed by atoms with Crippen molar-refractivity contribution < 1.29 is 0 Å². The van der Waals surface area contributed by atoms with Gasteiger partial charge in [0.15, 0.2) is 0 Å². The predicted octanol–water partition coefficient (Wildman–Crippen LogP) is 5.11. The molecule has 4 rings (SSSR count). The molecule has 0 radical (unpaired) electrons. The van der Waals surface area contributed by atoms with Crippen molar-refractivity contribution in [2.24, 2.45) is 0 Å². The number of thiophene rings is 1. The number of nitrogens with zero attached hydrogens (tertiary/aromatic N) is 2. The fourth-order valence-corrected chi connectivity index (χ4v) is 3.88. The Morgan fingerprint density at radius 1 is 1.14 bits per heavy atom. The van der Waals surface area contributed by atoms with Gasteiger partial charge in [-0.15, -0.1) is 11.3 Å². The molecule has 0 aliphatic carbocycles. The molecule has 0 spiro atoms.